The number of halogens is 1. The number of rotatable bonds is 5. The normalized spacial score (nSPS) is 11.4. The maximum absolute atomic E-state index is 13.7. The van der Waals surface area contributed by atoms with Crippen LogP contribution in [0.3, 0.4) is 0 Å². The maximum atomic E-state index is 13.7. The second kappa shape index (κ2) is 9.25. The van der Waals surface area contributed by atoms with Crippen LogP contribution in [0.1, 0.15) is 28.9 Å². The van der Waals surface area contributed by atoms with Crippen LogP contribution in [-0.4, -0.2) is 11.9 Å². The van der Waals surface area contributed by atoms with Gasteiger partial charge in [0.25, 0.3) is 5.91 Å². The molecule has 0 radical (unpaired) electrons. The van der Waals surface area contributed by atoms with Crippen LogP contribution < -0.4 is 14.9 Å². The van der Waals surface area contributed by atoms with Gasteiger partial charge in [-0.15, -0.1) is 0 Å². The van der Waals surface area contributed by atoms with Crippen LogP contribution in [0.2, 0.25) is 0 Å². The Labute approximate surface area is 174 Å². The van der Waals surface area contributed by atoms with Gasteiger partial charge in [-0.25, -0.2) is 13.5 Å². The molecule has 3 rings (SSSR count). The average Bonchev–Trinajstić information content (AvgIpc) is 2.74. The third kappa shape index (κ3) is 5.14. The number of hydrogen-bond acceptors (Lipinski definition) is 3. The number of nitrogens with zero attached hydrogens (tertiary/aromatic N) is 1. The van der Waals surface area contributed by atoms with Gasteiger partial charge in [-0.1, -0.05) is 55.3 Å². The van der Waals surface area contributed by atoms with Gasteiger partial charge in [-0.3, -0.25) is 4.79 Å². The lowest BCUT2D eigenvalue weighted by Crippen LogP contribution is -2.35. The first-order valence-electron chi connectivity index (χ1n) is 8.96. The molecule has 0 aromatic heterocycles. The Morgan fingerprint density at radius 2 is 1.55 bits per heavy atom. The Morgan fingerprint density at radius 1 is 0.931 bits per heavy atom. The summed E-state index contributed by atoms with van der Waals surface area (Å²) in [5.41, 5.74) is 1.94. The first-order valence-corrected chi connectivity index (χ1v) is 9.36. The highest BCUT2D eigenvalue weighted by atomic mass is 32.1. The second-order valence-corrected chi connectivity index (χ2v) is 6.77. The highest BCUT2D eigenvalue weighted by Crippen LogP contribution is 2.21. The predicted molar refractivity (Wildman–Crippen MR) is 116 cm³/mol. The van der Waals surface area contributed by atoms with E-state index in [4.69, 9.17) is 0 Å². The predicted octanol–water partition coefficient (Wildman–Crippen LogP) is 5.20. The molecule has 0 bridgehead atoms. The molecular formula is C22H20FN3O2S. The topological polar surface area (TPSA) is 61.4 Å². The molecule has 0 saturated carbocycles. The SMILES string of the molecule is CC(NC(=O)N(S)c1ccc(NC(=O)c2ccccc2F)cc1)c1ccccc1. The number of carbonyl (C=O) groups is 2. The minimum atomic E-state index is -0.590. The summed E-state index contributed by atoms with van der Waals surface area (Å²) in [6, 6.07) is 21.3. The first kappa shape index (κ1) is 20.4. The molecule has 0 aliphatic carbocycles. The van der Waals surface area contributed by atoms with Crippen molar-refractivity contribution in [3.63, 3.8) is 0 Å². The molecule has 5 nitrogen and oxygen atoms in total. The van der Waals surface area contributed by atoms with Crippen LogP contribution in [0.4, 0.5) is 20.6 Å². The fraction of sp³-hybridized carbons (Fsp3) is 0.0909. The fourth-order valence-electron chi connectivity index (χ4n) is 2.72. The fourth-order valence-corrected chi connectivity index (χ4v) is 2.91. The van der Waals surface area contributed by atoms with E-state index in [1.807, 2.05) is 37.3 Å². The summed E-state index contributed by atoms with van der Waals surface area (Å²) in [6.07, 6.45) is 0. The molecule has 3 aromatic rings. The van der Waals surface area contributed by atoms with Gasteiger partial charge in [0.1, 0.15) is 5.82 Å². The van der Waals surface area contributed by atoms with Crippen molar-refractivity contribution < 1.29 is 14.0 Å². The number of benzene rings is 3. The number of thiol groups is 1. The highest BCUT2D eigenvalue weighted by molar-refractivity contribution is 7.82. The van der Waals surface area contributed by atoms with Crippen molar-refractivity contribution in [1.29, 1.82) is 0 Å². The van der Waals surface area contributed by atoms with Crippen molar-refractivity contribution in [1.82, 2.24) is 5.32 Å². The molecule has 3 amide bonds. The number of amides is 3. The molecule has 3 aromatic carbocycles. The molecule has 1 unspecified atom stereocenters. The lowest BCUT2D eigenvalue weighted by Gasteiger charge is -2.20. The number of hydrogen-bond donors (Lipinski definition) is 3. The zero-order valence-corrected chi connectivity index (χ0v) is 16.6. The van der Waals surface area contributed by atoms with Crippen molar-refractivity contribution in [2.75, 3.05) is 9.62 Å². The van der Waals surface area contributed by atoms with Crippen molar-refractivity contribution in [3.8, 4) is 0 Å². The van der Waals surface area contributed by atoms with Gasteiger partial charge in [0, 0.05) is 5.69 Å². The molecule has 0 spiro atoms. The van der Waals surface area contributed by atoms with Crippen molar-refractivity contribution in [3.05, 3.63) is 95.8 Å². The van der Waals surface area contributed by atoms with Gasteiger partial charge >= 0.3 is 6.03 Å². The molecular weight excluding hydrogens is 389 g/mol. The Bertz CT molecular complexity index is 996. The van der Waals surface area contributed by atoms with Crippen LogP contribution in [0, 0.1) is 5.82 Å². The van der Waals surface area contributed by atoms with Gasteiger partial charge in [-0.2, -0.15) is 0 Å². The summed E-state index contributed by atoms with van der Waals surface area (Å²) in [6.45, 7) is 1.89. The van der Waals surface area contributed by atoms with Gasteiger partial charge in [0.2, 0.25) is 0 Å². The molecule has 7 heteroatoms. The van der Waals surface area contributed by atoms with E-state index >= 15 is 0 Å². The molecule has 0 aliphatic heterocycles. The average molecular weight is 409 g/mol. The Morgan fingerprint density at radius 3 is 2.21 bits per heavy atom. The number of carbonyl (C=O) groups excluding carboxylic acids is 2. The van der Waals surface area contributed by atoms with Crippen LogP contribution in [0.15, 0.2) is 78.9 Å². The maximum Gasteiger partial charge on any atom is 0.332 e. The number of nitrogens with one attached hydrogen (secondary N) is 2. The van der Waals surface area contributed by atoms with Crippen molar-refractivity contribution >= 4 is 36.1 Å². The summed E-state index contributed by atoms with van der Waals surface area (Å²) in [5, 5.41) is 5.49. The van der Waals surface area contributed by atoms with Crippen LogP contribution in [0.5, 0.6) is 0 Å². The van der Waals surface area contributed by atoms with Crippen molar-refractivity contribution in [2.45, 2.75) is 13.0 Å². The minimum Gasteiger partial charge on any atom is -0.330 e. The summed E-state index contributed by atoms with van der Waals surface area (Å²) < 4.78 is 14.9. The molecule has 2 N–H and O–H groups in total. The summed E-state index contributed by atoms with van der Waals surface area (Å²) >= 11 is 4.26. The lowest BCUT2D eigenvalue weighted by atomic mass is 10.1. The van der Waals surface area contributed by atoms with E-state index in [-0.39, 0.29) is 17.6 Å². The van der Waals surface area contributed by atoms with Crippen LogP contribution in [0.25, 0.3) is 0 Å². The zero-order chi connectivity index (χ0) is 20.8. The summed E-state index contributed by atoms with van der Waals surface area (Å²) in [7, 11) is 0. The van der Waals surface area contributed by atoms with E-state index in [1.165, 1.54) is 22.5 Å². The monoisotopic (exact) mass is 409 g/mol. The third-order valence-electron chi connectivity index (χ3n) is 4.32. The third-order valence-corrected chi connectivity index (χ3v) is 4.73. The Hall–Kier alpha value is -3.32. The smallest absolute Gasteiger partial charge is 0.330 e. The second-order valence-electron chi connectivity index (χ2n) is 6.37. The molecule has 29 heavy (non-hydrogen) atoms. The first-order chi connectivity index (χ1) is 14.0. The number of anilines is 2. The summed E-state index contributed by atoms with van der Waals surface area (Å²) in [5.74, 6) is -1.14. The standard InChI is InChI=1S/C22H20FN3O2S/c1-15(16-7-3-2-4-8-16)24-22(28)26(29)18-13-11-17(12-14-18)25-21(27)19-9-5-6-10-20(19)23/h2-15,29H,1H3,(H,24,28)(H,25,27). The molecule has 0 fully saturated rings. The molecule has 0 heterocycles. The highest BCUT2D eigenvalue weighted by Gasteiger charge is 2.16. The van der Waals surface area contributed by atoms with E-state index in [2.05, 4.69) is 23.4 Å². The zero-order valence-electron chi connectivity index (χ0n) is 15.7. The van der Waals surface area contributed by atoms with E-state index in [9.17, 15) is 14.0 Å². The quantitative estimate of drug-likeness (QED) is 0.507. The Kier molecular flexibility index (Phi) is 6.51. The largest absolute Gasteiger partial charge is 0.332 e. The van der Waals surface area contributed by atoms with E-state index in [1.54, 1.807) is 30.3 Å². The van der Waals surface area contributed by atoms with E-state index in [0.29, 0.717) is 11.4 Å². The summed E-state index contributed by atoms with van der Waals surface area (Å²) in [4.78, 5) is 24.6. The lowest BCUT2D eigenvalue weighted by molar-refractivity contribution is 0.102. The van der Waals surface area contributed by atoms with Gasteiger partial charge in [0.15, 0.2) is 0 Å². The van der Waals surface area contributed by atoms with Crippen LogP contribution >= 0.6 is 12.8 Å². The van der Waals surface area contributed by atoms with Crippen molar-refractivity contribution in [2.24, 2.45) is 0 Å². The van der Waals surface area contributed by atoms with Gasteiger partial charge < -0.3 is 10.6 Å². The van der Waals surface area contributed by atoms with Crippen LogP contribution in [-0.2, 0) is 0 Å². The van der Waals surface area contributed by atoms with E-state index in [0.717, 1.165) is 5.56 Å². The number of urea groups is 1. The van der Waals surface area contributed by atoms with Gasteiger partial charge in [0.05, 0.1) is 17.3 Å². The molecule has 0 saturated heterocycles. The molecule has 148 valence electrons. The molecule has 0 aliphatic rings. The molecule has 1 atom stereocenters. The minimum absolute atomic E-state index is 0.0401. The Balaban J connectivity index is 1.62. The van der Waals surface area contributed by atoms with E-state index < -0.39 is 11.7 Å². The van der Waals surface area contributed by atoms with Gasteiger partial charge in [-0.05, 0) is 48.9 Å².